The topological polar surface area (TPSA) is 72.9 Å². The van der Waals surface area contributed by atoms with Crippen LogP contribution in [0.1, 0.15) is 61.7 Å². The van der Waals surface area contributed by atoms with Crippen LogP contribution in [-0.4, -0.2) is 70.6 Å². The van der Waals surface area contributed by atoms with E-state index in [9.17, 15) is 23.5 Å². The number of likely N-dealkylation sites (tertiary alicyclic amines) is 2. The summed E-state index contributed by atoms with van der Waals surface area (Å²) in [6, 6.07) is 2.96. The molecule has 3 fully saturated rings. The first-order chi connectivity index (χ1) is 14.9. The lowest BCUT2D eigenvalue weighted by Crippen LogP contribution is -2.53. The van der Waals surface area contributed by atoms with Crippen LogP contribution >= 0.6 is 0 Å². The number of carbonyl (C=O) groups is 2. The van der Waals surface area contributed by atoms with Crippen LogP contribution in [0.15, 0.2) is 18.2 Å². The van der Waals surface area contributed by atoms with Gasteiger partial charge in [-0.2, -0.15) is 0 Å². The normalized spacial score (nSPS) is 26.2. The summed E-state index contributed by atoms with van der Waals surface area (Å²) in [7, 11) is 0. The monoisotopic (exact) mass is 435 g/mol. The van der Waals surface area contributed by atoms with Gasteiger partial charge in [0.05, 0.1) is 17.7 Å². The van der Waals surface area contributed by atoms with Crippen molar-refractivity contribution in [3.8, 4) is 0 Å². The highest BCUT2D eigenvalue weighted by Crippen LogP contribution is 2.28. The summed E-state index contributed by atoms with van der Waals surface area (Å²) in [5.41, 5.74) is -0.124. The van der Waals surface area contributed by atoms with Crippen LogP contribution in [0.2, 0.25) is 0 Å². The number of rotatable bonds is 4. The van der Waals surface area contributed by atoms with Crippen molar-refractivity contribution in [2.45, 2.75) is 75.6 Å². The van der Waals surface area contributed by atoms with Gasteiger partial charge in [0, 0.05) is 37.8 Å². The van der Waals surface area contributed by atoms with Gasteiger partial charge in [-0.15, -0.1) is 0 Å². The summed E-state index contributed by atoms with van der Waals surface area (Å²) in [6.45, 7) is 1.32. The minimum Gasteiger partial charge on any atom is -0.392 e. The molecule has 2 atom stereocenters. The quantitative estimate of drug-likeness (QED) is 0.762. The summed E-state index contributed by atoms with van der Waals surface area (Å²) < 4.78 is 27.1. The van der Waals surface area contributed by atoms with E-state index in [0.29, 0.717) is 38.9 Å². The zero-order valence-corrected chi connectivity index (χ0v) is 17.7. The molecule has 0 radical (unpaired) electrons. The number of hydrogen-bond acceptors (Lipinski definition) is 4. The lowest BCUT2D eigenvalue weighted by Gasteiger charge is -2.39. The number of halogens is 2. The molecule has 4 rings (SSSR count). The number of piperidine rings is 1. The zero-order valence-electron chi connectivity index (χ0n) is 17.7. The van der Waals surface area contributed by atoms with Gasteiger partial charge in [-0.1, -0.05) is 19.3 Å². The molecule has 0 unspecified atom stereocenters. The van der Waals surface area contributed by atoms with Crippen molar-refractivity contribution < 1.29 is 23.5 Å². The molecular formula is C23H31F2N3O3. The van der Waals surface area contributed by atoms with E-state index in [4.69, 9.17) is 0 Å². The third-order valence-corrected chi connectivity index (χ3v) is 6.95. The zero-order chi connectivity index (χ0) is 22.0. The molecule has 2 aliphatic heterocycles. The minimum absolute atomic E-state index is 0.00432. The Bertz CT molecular complexity index is 807. The molecule has 8 heteroatoms. The van der Waals surface area contributed by atoms with Crippen molar-refractivity contribution >= 4 is 11.8 Å². The van der Waals surface area contributed by atoms with E-state index in [0.717, 1.165) is 37.8 Å². The lowest BCUT2D eigenvalue weighted by atomic mass is 9.95. The van der Waals surface area contributed by atoms with Crippen LogP contribution in [0.25, 0.3) is 0 Å². The van der Waals surface area contributed by atoms with E-state index < -0.39 is 23.6 Å². The van der Waals surface area contributed by atoms with Crippen LogP contribution in [-0.2, 0) is 4.79 Å². The fraction of sp³-hybridized carbons (Fsp3) is 0.652. The first kappa shape index (κ1) is 22.1. The fourth-order valence-corrected chi connectivity index (χ4v) is 5.28. The summed E-state index contributed by atoms with van der Waals surface area (Å²) in [5, 5.41) is 13.4. The van der Waals surface area contributed by atoms with Gasteiger partial charge in [0.25, 0.3) is 5.91 Å². The summed E-state index contributed by atoms with van der Waals surface area (Å²) in [5.74, 6) is -2.01. The smallest absolute Gasteiger partial charge is 0.256 e. The third kappa shape index (κ3) is 5.06. The van der Waals surface area contributed by atoms with Crippen LogP contribution in [0.5, 0.6) is 0 Å². The Morgan fingerprint density at radius 1 is 1.03 bits per heavy atom. The van der Waals surface area contributed by atoms with Crippen LogP contribution < -0.4 is 5.32 Å². The van der Waals surface area contributed by atoms with Crippen molar-refractivity contribution in [3.05, 3.63) is 35.4 Å². The average molecular weight is 436 g/mol. The van der Waals surface area contributed by atoms with E-state index in [1.165, 1.54) is 12.5 Å². The maximum Gasteiger partial charge on any atom is 0.256 e. The SMILES string of the molecule is O=C(NC1CCCCC1)[C@@H]1C[C@@H](O)CN1C1CCN(C(=O)c2ccc(F)cc2F)CC1. The summed E-state index contributed by atoms with van der Waals surface area (Å²) in [6.07, 6.45) is 6.73. The molecule has 1 aliphatic carbocycles. The Balaban J connectivity index is 1.35. The number of hydrogen-bond donors (Lipinski definition) is 2. The molecular weight excluding hydrogens is 404 g/mol. The number of benzene rings is 1. The number of aliphatic hydroxyl groups excluding tert-OH is 1. The maximum absolute atomic E-state index is 14.0. The molecule has 31 heavy (non-hydrogen) atoms. The summed E-state index contributed by atoms with van der Waals surface area (Å²) in [4.78, 5) is 29.3. The van der Waals surface area contributed by atoms with Gasteiger partial charge in [-0.3, -0.25) is 14.5 Å². The van der Waals surface area contributed by atoms with Gasteiger partial charge in [0.2, 0.25) is 5.91 Å². The van der Waals surface area contributed by atoms with E-state index in [1.54, 1.807) is 4.90 Å². The molecule has 2 amide bonds. The predicted octanol–water partition coefficient (Wildman–Crippen LogP) is 2.45. The second kappa shape index (κ2) is 9.61. The van der Waals surface area contributed by atoms with Crippen molar-refractivity contribution in [1.29, 1.82) is 0 Å². The highest BCUT2D eigenvalue weighted by Gasteiger charge is 2.41. The molecule has 2 saturated heterocycles. The number of aliphatic hydroxyl groups is 1. The standard InChI is InChI=1S/C23H31F2N3O3/c24-15-6-7-19(20(25)12-15)23(31)27-10-8-17(9-11-27)28-14-18(29)13-21(28)22(30)26-16-4-2-1-3-5-16/h6-7,12,16-18,21,29H,1-5,8-11,13-14H2,(H,26,30)/t18-,21+/m1/s1. The molecule has 1 saturated carbocycles. The second-order valence-electron chi connectivity index (χ2n) is 9.09. The van der Waals surface area contributed by atoms with Crippen molar-refractivity contribution in [3.63, 3.8) is 0 Å². The van der Waals surface area contributed by atoms with Crippen molar-refractivity contribution in [2.24, 2.45) is 0 Å². The Morgan fingerprint density at radius 2 is 1.74 bits per heavy atom. The number of carbonyl (C=O) groups excluding carboxylic acids is 2. The maximum atomic E-state index is 14.0. The second-order valence-corrected chi connectivity index (χ2v) is 9.09. The number of β-amino-alcohol motifs (C(OH)–C–C–N with tert-alkyl or cyclic N) is 1. The molecule has 1 aromatic rings. The van der Waals surface area contributed by atoms with Gasteiger partial charge in [-0.05, 0) is 44.2 Å². The average Bonchev–Trinajstić information content (AvgIpc) is 3.16. The highest BCUT2D eigenvalue weighted by molar-refractivity contribution is 5.94. The van der Waals surface area contributed by atoms with E-state index in [1.807, 2.05) is 0 Å². The minimum atomic E-state index is -0.853. The van der Waals surface area contributed by atoms with Crippen molar-refractivity contribution in [1.82, 2.24) is 15.1 Å². The van der Waals surface area contributed by atoms with Gasteiger partial charge >= 0.3 is 0 Å². The lowest BCUT2D eigenvalue weighted by molar-refractivity contribution is -0.127. The van der Waals surface area contributed by atoms with Gasteiger partial charge in [0.1, 0.15) is 11.6 Å². The Hall–Kier alpha value is -2.06. The van der Waals surface area contributed by atoms with Crippen LogP contribution in [0, 0.1) is 11.6 Å². The Kier molecular flexibility index (Phi) is 6.86. The molecule has 0 bridgehead atoms. The molecule has 3 aliphatic rings. The van der Waals surface area contributed by atoms with Gasteiger partial charge < -0.3 is 15.3 Å². The molecule has 2 heterocycles. The number of nitrogens with one attached hydrogen (secondary N) is 1. The third-order valence-electron chi connectivity index (χ3n) is 6.95. The molecule has 0 aromatic heterocycles. The first-order valence-corrected chi connectivity index (χ1v) is 11.4. The molecule has 1 aromatic carbocycles. The number of amides is 2. The van der Waals surface area contributed by atoms with E-state index >= 15 is 0 Å². The van der Waals surface area contributed by atoms with Crippen LogP contribution in [0.3, 0.4) is 0 Å². The predicted molar refractivity (Wildman–Crippen MR) is 111 cm³/mol. The highest BCUT2D eigenvalue weighted by atomic mass is 19.1. The van der Waals surface area contributed by atoms with Gasteiger partial charge in [0.15, 0.2) is 0 Å². The van der Waals surface area contributed by atoms with E-state index in [-0.39, 0.29) is 29.6 Å². The summed E-state index contributed by atoms with van der Waals surface area (Å²) >= 11 is 0. The van der Waals surface area contributed by atoms with Crippen molar-refractivity contribution in [2.75, 3.05) is 19.6 Å². The molecule has 0 spiro atoms. The Labute approximate surface area is 181 Å². The first-order valence-electron chi connectivity index (χ1n) is 11.4. The van der Waals surface area contributed by atoms with Gasteiger partial charge in [-0.25, -0.2) is 8.78 Å². The Morgan fingerprint density at radius 3 is 2.42 bits per heavy atom. The number of nitrogens with zero attached hydrogens (tertiary/aromatic N) is 2. The fourth-order valence-electron chi connectivity index (χ4n) is 5.28. The largest absolute Gasteiger partial charge is 0.392 e. The van der Waals surface area contributed by atoms with Crippen LogP contribution in [0.4, 0.5) is 8.78 Å². The molecule has 2 N–H and O–H groups in total. The molecule has 170 valence electrons. The molecule has 6 nitrogen and oxygen atoms in total. The van der Waals surface area contributed by atoms with E-state index in [2.05, 4.69) is 10.2 Å².